The van der Waals surface area contributed by atoms with E-state index in [0.717, 1.165) is 5.56 Å². The van der Waals surface area contributed by atoms with Gasteiger partial charge in [0, 0.05) is 18.9 Å². The molecule has 5 heteroatoms. The summed E-state index contributed by atoms with van der Waals surface area (Å²) in [5.74, 6) is -0.255. The molecule has 3 aromatic rings. The first-order valence-electron chi connectivity index (χ1n) is 7.66. The molecule has 1 N–H and O–H groups in total. The number of hydrogen-bond donors (Lipinski definition) is 1. The van der Waals surface area contributed by atoms with E-state index in [0.29, 0.717) is 17.0 Å². The lowest BCUT2D eigenvalue weighted by molar-refractivity contribution is -0.0600. The maximum absolute atomic E-state index is 12.9. The van der Waals surface area contributed by atoms with Gasteiger partial charge in [0.05, 0.1) is 11.3 Å². The number of amides is 1. The summed E-state index contributed by atoms with van der Waals surface area (Å²) in [5, 5.41) is 11.5. The van der Waals surface area contributed by atoms with E-state index in [-0.39, 0.29) is 12.5 Å². The summed E-state index contributed by atoms with van der Waals surface area (Å²) in [6.45, 7) is 0.267. The molecule has 1 unspecified atom stereocenters. The molecular weight excluding hydrogens is 302 g/mol. The Labute approximate surface area is 139 Å². The number of rotatable bonds is 3. The van der Waals surface area contributed by atoms with Crippen LogP contribution in [-0.4, -0.2) is 25.9 Å². The largest absolute Gasteiger partial charge is 0.361 e. The van der Waals surface area contributed by atoms with Crippen molar-refractivity contribution in [3.05, 3.63) is 95.6 Å². The molecule has 0 aliphatic carbocycles. The smallest absolute Gasteiger partial charge is 0.259 e. The van der Waals surface area contributed by atoms with Gasteiger partial charge in [0.15, 0.2) is 0 Å². The van der Waals surface area contributed by atoms with Crippen molar-refractivity contribution in [3.63, 3.8) is 0 Å². The topological polar surface area (TPSA) is 66.3 Å². The molecule has 1 aromatic carbocycles. The summed E-state index contributed by atoms with van der Waals surface area (Å²) in [6, 6.07) is 18.2. The van der Waals surface area contributed by atoms with Crippen LogP contribution in [0.3, 0.4) is 0 Å². The van der Waals surface area contributed by atoms with Crippen LogP contribution in [0.5, 0.6) is 0 Å². The van der Waals surface area contributed by atoms with Gasteiger partial charge in [-0.1, -0.05) is 36.4 Å². The second-order valence-corrected chi connectivity index (χ2v) is 5.66. The van der Waals surface area contributed by atoms with Gasteiger partial charge >= 0.3 is 0 Å². The Morgan fingerprint density at radius 1 is 0.917 bits per heavy atom. The Kier molecular flexibility index (Phi) is 3.36. The third-order valence-electron chi connectivity index (χ3n) is 4.21. The minimum Gasteiger partial charge on any atom is -0.361 e. The molecule has 24 heavy (non-hydrogen) atoms. The second kappa shape index (κ2) is 5.54. The Morgan fingerprint density at radius 3 is 2.42 bits per heavy atom. The fraction of sp³-hybridized carbons (Fsp3) is 0.105. The Balaban J connectivity index is 1.87. The first kappa shape index (κ1) is 14.5. The molecule has 1 aliphatic rings. The van der Waals surface area contributed by atoms with Gasteiger partial charge < -0.3 is 5.11 Å². The average Bonchev–Trinajstić information content (AvgIpc) is 2.87. The van der Waals surface area contributed by atoms with Gasteiger partial charge in [-0.15, -0.1) is 0 Å². The number of aromatic nitrogens is 2. The molecule has 2 aromatic heterocycles. The van der Waals surface area contributed by atoms with Gasteiger partial charge in [0.25, 0.3) is 5.91 Å². The van der Waals surface area contributed by atoms with Crippen molar-refractivity contribution in [2.45, 2.75) is 12.3 Å². The maximum Gasteiger partial charge on any atom is 0.259 e. The molecular formula is C19H15N3O2. The number of pyridine rings is 2. The minimum absolute atomic E-state index is 0.255. The highest BCUT2D eigenvalue weighted by Gasteiger charge is 2.52. The van der Waals surface area contributed by atoms with Crippen molar-refractivity contribution < 1.29 is 9.90 Å². The highest BCUT2D eigenvalue weighted by atomic mass is 16.3. The summed E-state index contributed by atoms with van der Waals surface area (Å²) < 4.78 is 0. The second-order valence-electron chi connectivity index (χ2n) is 5.66. The van der Waals surface area contributed by atoms with Crippen LogP contribution in [0.2, 0.25) is 0 Å². The molecule has 0 bridgehead atoms. The monoisotopic (exact) mass is 317 g/mol. The molecule has 3 heterocycles. The van der Waals surface area contributed by atoms with Crippen molar-refractivity contribution in [3.8, 4) is 0 Å². The standard InChI is InChI=1S/C19H15N3O2/c23-18-15-9-6-12-21-17(15)19(24,16-10-4-5-11-20-16)22(18)13-14-7-2-1-3-8-14/h1-12,24H,13H2. The molecule has 118 valence electrons. The molecule has 1 aliphatic heterocycles. The molecule has 5 nitrogen and oxygen atoms in total. The van der Waals surface area contributed by atoms with E-state index in [4.69, 9.17) is 0 Å². The molecule has 0 saturated carbocycles. The number of aliphatic hydroxyl groups is 1. The first-order valence-corrected chi connectivity index (χ1v) is 7.66. The molecule has 0 saturated heterocycles. The van der Waals surface area contributed by atoms with Gasteiger partial charge in [0.2, 0.25) is 5.72 Å². The maximum atomic E-state index is 12.9. The highest BCUT2D eigenvalue weighted by Crippen LogP contribution is 2.40. The Bertz CT molecular complexity index is 883. The average molecular weight is 317 g/mol. The fourth-order valence-electron chi connectivity index (χ4n) is 3.06. The van der Waals surface area contributed by atoms with E-state index in [2.05, 4.69) is 9.97 Å². The van der Waals surface area contributed by atoms with Crippen LogP contribution < -0.4 is 0 Å². The zero-order valence-electron chi connectivity index (χ0n) is 12.8. The van der Waals surface area contributed by atoms with Crippen LogP contribution in [0.15, 0.2) is 73.1 Å². The van der Waals surface area contributed by atoms with E-state index in [1.807, 2.05) is 30.3 Å². The molecule has 0 radical (unpaired) electrons. The van der Waals surface area contributed by atoms with E-state index in [1.165, 1.54) is 4.90 Å². The van der Waals surface area contributed by atoms with Gasteiger partial charge in [-0.25, -0.2) is 0 Å². The van der Waals surface area contributed by atoms with E-state index in [9.17, 15) is 9.90 Å². The van der Waals surface area contributed by atoms with Crippen molar-refractivity contribution in [1.29, 1.82) is 0 Å². The first-order chi connectivity index (χ1) is 11.7. The van der Waals surface area contributed by atoms with Crippen LogP contribution in [-0.2, 0) is 12.3 Å². The third-order valence-corrected chi connectivity index (χ3v) is 4.21. The normalized spacial score (nSPS) is 19.4. The van der Waals surface area contributed by atoms with E-state index in [1.54, 1.807) is 42.7 Å². The minimum atomic E-state index is -1.68. The predicted molar refractivity (Wildman–Crippen MR) is 87.8 cm³/mol. The van der Waals surface area contributed by atoms with Crippen molar-refractivity contribution in [2.24, 2.45) is 0 Å². The summed E-state index contributed by atoms with van der Waals surface area (Å²) in [6.07, 6.45) is 3.17. The third kappa shape index (κ3) is 2.10. The SMILES string of the molecule is O=C1c2cccnc2C(O)(c2ccccn2)N1Cc1ccccc1. The number of carbonyl (C=O) groups excluding carboxylic acids is 1. The fourth-order valence-corrected chi connectivity index (χ4v) is 3.06. The lowest BCUT2D eigenvalue weighted by Gasteiger charge is -2.33. The van der Waals surface area contributed by atoms with Gasteiger partial charge in [-0.3, -0.25) is 19.7 Å². The zero-order chi connectivity index (χ0) is 16.6. The number of hydrogen-bond acceptors (Lipinski definition) is 4. The van der Waals surface area contributed by atoms with Crippen molar-refractivity contribution in [1.82, 2.24) is 14.9 Å². The predicted octanol–water partition coefficient (Wildman–Crippen LogP) is 2.33. The highest BCUT2D eigenvalue weighted by molar-refractivity contribution is 5.99. The van der Waals surface area contributed by atoms with E-state index < -0.39 is 5.72 Å². The molecule has 1 amide bonds. The van der Waals surface area contributed by atoms with Gasteiger partial charge in [-0.05, 0) is 29.8 Å². The lowest BCUT2D eigenvalue weighted by Crippen LogP contribution is -2.45. The van der Waals surface area contributed by atoms with Crippen molar-refractivity contribution in [2.75, 3.05) is 0 Å². The molecule has 0 fully saturated rings. The van der Waals surface area contributed by atoms with Gasteiger partial charge in [0.1, 0.15) is 5.69 Å². The Hall–Kier alpha value is -3.05. The Morgan fingerprint density at radius 2 is 1.67 bits per heavy atom. The number of fused-ring (bicyclic) bond motifs is 1. The van der Waals surface area contributed by atoms with Crippen LogP contribution in [0, 0.1) is 0 Å². The van der Waals surface area contributed by atoms with Crippen LogP contribution in [0.1, 0.15) is 27.3 Å². The van der Waals surface area contributed by atoms with Crippen LogP contribution in [0.4, 0.5) is 0 Å². The number of nitrogens with zero attached hydrogens (tertiary/aromatic N) is 3. The molecule has 1 atom stereocenters. The van der Waals surface area contributed by atoms with Crippen LogP contribution in [0.25, 0.3) is 0 Å². The summed E-state index contributed by atoms with van der Waals surface area (Å²) in [7, 11) is 0. The number of benzene rings is 1. The molecule has 4 rings (SSSR count). The van der Waals surface area contributed by atoms with E-state index >= 15 is 0 Å². The summed E-state index contributed by atoms with van der Waals surface area (Å²) >= 11 is 0. The molecule has 0 spiro atoms. The van der Waals surface area contributed by atoms with Crippen molar-refractivity contribution >= 4 is 5.91 Å². The number of carbonyl (C=O) groups is 1. The zero-order valence-corrected chi connectivity index (χ0v) is 12.8. The van der Waals surface area contributed by atoms with Crippen LogP contribution >= 0.6 is 0 Å². The summed E-state index contributed by atoms with van der Waals surface area (Å²) in [4.78, 5) is 22.9. The van der Waals surface area contributed by atoms with Gasteiger partial charge in [-0.2, -0.15) is 0 Å². The lowest BCUT2D eigenvalue weighted by atomic mass is 10.0. The summed E-state index contributed by atoms with van der Waals surface area (Å²) in [5.41, 5.74) is 0.357. The quantitative estimate of drug-likeness (QED) is 0.805.